The highest BCUT2D eigenvalue weighted by Crippen LogP contribution is 2.35. The summed E-state index contributed by atoms with van der Waals surface area (Å²) in [5, 5.41) is 0. The highest BCUT2D eigenvalue weighted by molar-refractivity contribution is 5.44. The summed E-state index contributed by atoms with van der Waals surface area (Å²) in [6.45, 7) is 2.00. The zero-order chi connectivity index (χ0) is 16.4. The van der Waals surface area contributed by atoms with Crippen LogP contribution in [-0.4, -0.2) is 54.1 Å². The van der Waals surface area contributed by atoms with Crippen molar-refractivity contribution in [3.63, 3.8) is 0 Å². The third kappa shape index (κ3) is 3.93. The topological polar surface area (TPSA) is 84.3 Å². The van der Waals surface area contributed by atoms with E-state index in [1.807, 2.05) is 0 Å². The molecule has 0 spiro atoms. The largest absolute Gasteiger partial charge is 0.368 e. The molecule has 1 heterocycles. The fourth-order valence-electron chi connectivity index (χ4n) is 3.73. The minimum absolute atomic E-state index is 0.317. The van der Waals surface area contributed by atoms with Gasteiger partial charge in [-0.15, -0.1) is 0 Å². The monoisotopic (exact) mass is 318 g/mol. The number of anilines is 2. The number of aromatic nitrogens is 2. The Kier molecular flexibility index (Phi) is 5.02. The van der Waals surface area contributed by atoms with Crippen LogP contribution in [0.1, 0.15) is 50.1 Å². The van der Waals surface area contributed by atoms with E-state index in [-0.39, 0.29) is 0 Å². The van der Waals surface area contributed by atoms with Gasteiger partial charge in [0.2, 0.25) is 5.95 Å². The van der Waals surface area contributed by atoms with Crippen LogP contribution in [0.5, 0.6) is 0 Å². The summed E-state index contributed by atoms with van der Waals surface area (Å²) in [5.74, 6) is 1.74. The molecule has 0 atom stereocenters. The van der Waals surface area contributed by atoms with E-state index in [1.54, 1.807) is 0 Å². The van der Waals surface area contributed by atoms with Crippen LogP contribution < -0.4 is 16.4 Å². The van der Waals surface area contributed by atoms with E-state index in [0.717, 1.165) is 43.5 Å². The van der Waals surface area contributed by atoms with Gasteiger partial charge in [-0.1, -0.05) is 12.8 Å². The summed E-state index contributed by atoms with van der Waals surface area (Å²) in [4.78, 5) is 13.5. The molecular formula is C17H30N6. The lowest BCUT2D eigenvalue weighted by molar-refractivity contribution is 0.251. The van der Waals surface area contributed by atoms with Crippen molar-refractivity contribution in [2.24, 2.45) is 5.73 Å². The molecule has 6 heteroatoms. The van der Waals surface area contributed by atoms with Gasteiger partial charge in [0.05, 0.1) is 5.69 Å². The predicted molar refractivity (Wildman–Crippen MR) is 94.6 cm³/mol. The van der Waals surface area contributed by atoms with E-state index in [4.69, 9.17) is 11.5 Å². The Hall–Kier alpha value is -1.40. The summed E-state index contributed by atoms with van der Waals surface area (Å²) >= 11 is 0. The Morgan fingerprint density at radius 3 is 2.48 bits per heavy atom. The first-order valence-corrected chi connectivity index (χ1v) is 8.84. The SMILES string of the molecule is CN(CCN(C)C1CCCC1)c1cc(C2CC(N)C2)nc(N)n1. The van der Waals surface area contributed by atoms with E-state index < -0.39 is 0 Å². The molecule has 23 heavy (non-hydrogen) atoms. The molecule has 0 unspecified atom stereocenters. The van der Waals surface area contributed by atoms with Crippen LogP contribution >= 0.6 is 0 Å². The van der Waals surface area contributed by atoms with Crippen LogP contribution in [0.4, 0.5) is 11.8 Å². The van der Waals surface area contributed by atoms with Crippen LogP contribution in [0.3, 0.4) is 0 Å². The Morgan fingerprint density at radius 1 is 1.13 bits per heavy atom. The maximum atomic E-state index is 5.91. The van der Waals surface area contributed by atoms with Gasteiger partial charge in [0.15, 0.2) is 0 Å². The predicted octanol–water partition coefficient (Wildman–Crippen LogP) is 1.57. The maximum absolute atomic E-state index is 5.91. The normalized spacial score (nSPS) is 24.9. The van der Waals surface area contributed by atoms with E-state index in [2.05, 4.69) is 39.9 Å². The summed E-state index contributed by atoms with van der Waals surface area (Å²) in [5.41, 5.74) is 12.9. The Labute approximate surface area is 139 Å². The van der Waals surface area contributed by atoms with E-state index in [1.165, 1.54) is 25.7 Å². The molecule has 0 radical (unpaired) electrons. The van der Waals surface area contributed by atoms with Crippen LogP contribution in [0, 0.1) is 0 Å². The summed E-state index contributed by atoms with van der Waals surface area (Å²) in [6, 6.07) is 3.16. The molecule has 2 fully saturated rings. The first kappa shape index (κ1) is 16.5. The molecule has 2 saturated carbocycles. The zero-order valence-electron chi connectivity index (χ0n) is 14.4. The third-order valence-electron chi connectivity index (χ3n) is 5.47. The summed E-state index contributed by atoms with van der Waals surface area (Å²) in [6.07, 6.45) is 7.44. The molecule has 0 saturated heterocycles. The maximum Gasteiger partial charge on any atom is 0.222 e. The van der Waals surface area contributed by atoms with Crippen molar-refractivity contribution in [3.8, 4) is 0 Å². The van der Waals surface area contributed by atoms with Gasteiger partial charge in [-0.3, -0.25) is 0 Å². The minimum atomic E-state index is 0.317. The van der Waals surface area contributed by atoms with Crippen LogP contribution in [0.15, 0.2) is 6.07 Å². The van der Waals surface area contributed by atoms with Crippen molar-refractivity contribution in [2.75, 3.05) is 37.8 Å². The summed E-state index contributed by atoms with van der Waals surface area (Å²) < 4.78 is 0. The van der Waals surface area contributed by atoms with Crippen molar-refractivity contribution < 1.29 is 0 Å². The molecule has 3 rings (SSSR count). The molecule has 0 aromatic carbocycles. The van der Waals surface area contributed by atoms with E-state index in [9.17, 15) is 0 Å². The lowest BCUT2D eigenvalue weighted by Crippen LogP contribution is -2.37. The van der Waals surface area contributed by atoms with Crippen molar-refractivity contribution in [1.82, 2.24) is 14.9 Å². The molecule has 2 aliphatic carbocycles. The Bertz CT molecular complexity index is 522. The highest BCUT2D eigenvalue weighted by Gasteiger charge is 2.29. The number of hydrogen-bond donors (Lipinski definition) is 2. The van der Waals surface area contributed by atoms with Gasteiger partial charge < -0.3 is 21.3 Å². The zero-order valence-corrected chi connectivity index (χ0v) is 14.4. The highest BCUT2D eigenvalue weighted by atomic mass is 15.2. The quantitative estimate of drug-likeness (QED) is 0.828. The molecule has 0 aliphatic heterocycles. The third-order valence-corrected chi connectivity index (χ3v) is 5.47. The van der Waals surface area contributed by atoms with Crippen LogP contribution in [0.25, 0.3) is 0 Å². The van der Waals surface area contributed by atoms with Gasteiger partial charge >= 0.3 is 0 Å². The van der Waals surface area contributed by atoms with Crippen molar-refractivity contribution in [3.05, 3.63) is 11.8 Å². The number of hydrogen-bond acceptors (Lipinski definition) is 6. The van der Waals surface area contributed by atoms with Crippen molar-refractivity contribution >= 4 is 11.8 Å². The average Bonchev–Trinajstić information content (AvgIpc) is 3.03. The second-order valence-corrected chi connectivity index (χ2v) is 7.28. The molecule has 128 valence electrons. The fraction of sp³-hybridized carbons (Fsp3) is 0.765. The standard InChI is InChI=1S/C17H30N6/c1-22(14-5-3-4-6-14)7-8-23(2)16-11-15(20-17(19)21-16)12-9-13(18)10-12/h11-14H,3-10,18H2,1-2H3,(H2,19,20,21). The van der Waals surface area contributed by atoms with Gasteiger partial charge in [0.25, 0.3) is 0 Å². The van der Waals surface area contributed by atoms with Crippen molar-refractivity contribution in [2.45, 2.75) is 56.5 Å². The molecule has 1 aromatic rings. The number of rotatable bonds is 6. The summed E-state index contributed by atoms with van der Waals surface area (Å²) in [7, 11) is 4.32. The second kappa shape index (κ2) is 7.01. The van der Waals surface area contributed by atoms with Crippen molar-refractivity contribution in [1.29, 1.82) is 0 Å². The Morgan fingerprint density at radius 2 is 1.83 bits per heavy atom. The van der Waals surface area contributed by atoms with Gasteiger partial charge in [0.1, 0.15) is 5.82 Å². The van der Waals surface area contributed by atoms with E-state index >= 15 is 0 Å². The number of likely N-dealkylation sites (N-methyl/N-ethyl adjacent to an activating group) is 2. The minimum Gasteiger partial charge on any atom is -0.368 e. The van der Waals surface area contributed by atoms with Crippen LogP contribution in [0.2, 0.25) is 0 Å². The molecule has 1 aromatic heterocycles. The average molecular weight is 318 g/mol. The molecule has 0 bridgehead atoms. The molecule has 6 nitrogen and oxygen atoms in total. The van der Waals surface area contributed by atoms with Gasteiger partial charge in [-0.05, 0) is 32.7 Å². The smallest absolute Gasteiger partial charge is 0.222 e. The van der Waals surface area contributed by atoms with Gasteiger partial charge in [0, 0.05) is 44.2 Å². The molecule has 4 N–H and O–H groups in total. The first-order valence-electron chi connectivity index (χ1n) is 8.84. The fourth-order valence-corrected chi connectivity index (χ4v) is 3.73. The number of nitrogens with zero attached hydrogens (tertiary/aromatic N) is 4. The van der Waals surface area contributed by atoms with Crippen LogP contribution in [-0.2, 0) is 0 Å². The second-order valence-electron chi connectivity index (χ2n) is 7.28. The van der Waals surface area contributed by atoms with Gasteiger partial charge in [-0.25, -0.2) is 4.98 Å². The molecule has 2 aliphatic rings. The Balaban J connectivity index is 1.59. The molecular weight excluding hydrogens is 288 g/mol. The lowest BCUT2D eigenvalue weighted by Gasteiger charge is -2.32. The van der Waals surface area contributed by atoms with E-state index in [0.29, 0.717) is 17.9 Å². The number of nitrogens with two attached hydrogens (primary N) is 2. The number of nitrogen functional groups attached to an aromatic ring is 1. The lowest BCUT2D eigenvalue weighted by atomic mass is 9.78. The first-order chi connectivity index (χ1) is 11.0. The molecule has 0 amide bonds. The van der Waals surface area contributed by atoms with Gasteiger partial charge in [-0.2, -0.15) is 4.98 Å².